The van der Waals surface area contributed by atoms with Gasteiger partial charge in [-0.25, -0.2) is 4.79 Å². The number of carbonyl (C=O) groups excluding carboxylic acids is 2. The Kier molecular flexibility index (Phi) is 3.92. The summed E-state index contributed by atoms with van der Waals surface area (Å²) in [6.45, 7) is 0.0226. The number of hydrogen-bond donors (Lipinski definition) is 2. The highest BCUT2D eigenvalue weighted by atomic mass is 16.5. The van der Waals surface area contributed by atoms with Crippen molar-refractivity contribution in [3.63, 3.8) is 0 Å². The van der Waals surface area contributed by atoms with Crippen LogP contribution in [0.5, 0.6) is 0 Å². The molecule has 6 nitrogen and oxygen atoms in total. The van der Waals surface area contributed by atoms with Crippen LogP contribution in [-0.4, -0.2) is 32.6 Å². The van der Waals surface area contributed by atoms with Gasteiger partial charge >= 0.3 is 5.97 Å². The van der Waals surface area contributed by atoms with Crippen LogP contribution in [0.25, 0.3) is 0 Å². The quantitative estimate of drug-likeness (QED) is 0.566. The summed E-state index contributed by atoms with van der Waals surface area (Å²) in [5, 5.41) is 0. The first kappa shape index (κ1) is 12.8. The minimum absolute atomic E-state index is 0.0226. The Morgan fingerprint density at radius 2 is 2.06 bits per heavy atom. The van der Waals surface area contributed by atoms with Crippen LogP contribution >= 0.6 is 0 Å². The molecule has 1 aromatic rings. The van der Waals surface area contributed by atoms with E-state index in [1.54, 1.807) is 30.1 Å². The molecule has 0 aliphatic carbocycles. The number of esters is 1. The molecule has 0 fully saturated rings. The molecule has 92 valence electrons. The molecule has 0 aliphatic rings. The summed E-state index contributed by atoms with van der Waals surface area (Å²) < 4.78 is 4.60. The first-order valence-corrected chi connectivity index (χ1v) is 4.93. The minimum Gasteiger partial charge on any atom is -0.465 e. The lowest BCUT2D eigenvalue weighted by Gasteiger charge is -2.20. The fraction of sp³-hybridized carbons (Fsp3) is 0.273. The Morgan fingerprint density at radius 1 is 1.41 bits per heavy atom. The third-order valence-electron chi connectivity index (χ3n) is 2.29. The predicted octanol–water partition coefficient (Wildman–Crippen LogP) is -0.0231. The highest BCUT2D eigenvalue weighted by Gasteiger charge is 2.15. The van der Waals surface area contributed by atoms with Gasteiger partial charge in [0.25, 0.3) is 0 Å². The van der Waals surface area contributed by atoms with E-state index in [4.69, 9.17) is 11.5 Å². The van der Waals surface area contributed by atoms with E-state index < -0.39 is 11.9 Å². The molecule has 0 heterocycles. The molecule has 1 rings (SSSR count). The number of amides is 1. The highest BCUT2D eigenvalue weighted by Crippen LogP contribution is 2.26. The number of nitrogens with zero attached hydrogens (tertiary/aromatic N) is 1. The molecule has 0 saturated carbocycles. The van der Waals surface area contributed by atoms with E-state index in [0.29, 0.717) is 5.69 Å². The van der Waals surface area contributed by atoms with E-state index in [9.17, 15) is 9.59 Å². The molecule has 17 heavy (non-hydrogen) atoms. The Balaban J connectivity index is 3.09. The van der Waals surface area contributed by atoms with Crippen molar-refractivity contribution in [1.29, 1.82) is 0 Å². The van der Waals surface area contributed by atoms with Gasteiger partial charge in [0.2, 0.25) is 5.91 Å². The number of nitrogens with two attached hydrogens (primary N) is 2. The molecular formula is C11H15N3O3. The first-order chi connectivity index (χ1) is 7.97. The van der Waals surface area contributed by atoms with Gasteiger partial charge in [-0.3, -0.25) is 4.79 Å². The smallest absolute Gasteiger partial charge is 0.340 e. The Labute approximate surface area is 99.1 Å². The van der Waals surface area contributed by atoms with Crippen molar-refractivity contribution in [2.24, 2.45) is 5.73 Å². The number of benzene rings is 1. The zero-order valence-corrected chi connectivity index (χ0v) is 9.77. The molecule has 0 spiro atoms. The number of ether oxygens (including phenoxy) is 1. The molecule has 0 radical (unpaired) electrons. The lowest BCUT2D eigenvalue weighted by Crippen LogP contribution is -2.31. The number of likely N-dealkylation sites (N-methyl/N-ethyl adjacent to an activating group) is 1. The van der Waals surface area contributed by atoms with Crippen molar-refractivity contribution < 1.29 is 14.3 Å². The molecule has 4 N–H and O–H groups in total. The maximum Gasteiger partial charge on any atom is 0.340 e. The highest BCUT2D eigenvalue weighted by molar-refractivity contribution is 5.98. The Hall–Kier alpha value is -2.24. The zero-order chi connectivity index (χ0) is 13.0. The molecule has 0 bridgehead atoms. The molecule has 6 heteroatoms. The number of hydrogen-bond acceptors (Lipinski definition) is 5. The van der Waals surface area contributed by atoms with Crippen molar-refractivity contribution in [2.75, 3.05) is 31.3 Å². The summed E-state index contributed by atoms with van der Waals surface area (Å²) in [5.74, 6) is -0.993. The van der Waals surface area contributed by atoms with Crippen LogP contribution in [0, 0.1) is 0 Å². The second kappa shape index (κ2) is 5.20. The second-order valence-corrected chi connectivity index (χ2v) is 3.55. The summed E-state index contributed by atoms with van der Waals surface area (Å²) >= 11 is 0. The number of anilines is 2. The van der Waals surface area contributed by atoms with Gasteiger partial charge < -0.3 is 21.1 Å². The molecule has 0 aromatic heterocycles. The van der Waals surface area contributed by atoms with E-state index in [1.807, 2.05) is 0 Å². The van der Waals surface area contributed by atoms with Crippen molar-refractivity contribution in [3.05, 3.63) is 23.8 Å². The summed E-state index contributed by atoms with van der Waals surface area (Å²) in [7, 11) is 2.94. The average molecular weight is 237 g/mol. The van der Waals surface area contributed by atoms with E-state index in [2.05, 4.69) is 4.74 Å². The van der Waals surface area contributed by atoms with Crippen LogP contribution in [0.1, 0.15) is 10.4 Å². The monoisotopic (exact) mass is 237 g/mol. The second-order valence-electron chi connectivity index (χ2n) is 3.55. The van der Waals surface area contributed by atoms with Crippen molar-refractivity contribution in [1.82, 2.24) is 0 Å². The van der Waals surface area contributed by atoms with E-state index in [-0.39, 0.29) is 17.8 Å². The maximum absolute atomic E-state index is 11.4. The summed E-state index contributed by atoms with van der Waals surface area (Å²) in [6.07, 6.45) is 0. The molecule has 0 atom stereocenters. The predicted molar refractivity (Wildman–Crippen MR) is 64.7 cm³/mol. The van der Waals surface area contributed by atoms with E-state index >= 15 is 0 Å². The average Bonchev–Trinajstić information content (AvgIpc) is 2.27. The van der Waals surface area contributed by atoms with Crippen molar-refractivity contribution >= 4 is 23.3 Å². The standard InChI is InChI=1S/C11H15N3O3/c1-14(6-9(12)15)8-5-3-4-7(10(8)13)11(16)17-2/h3-5H,6,13H2,1-2H3,(H2,12,15). The van der Waals surface area contributed by atoms with Crippen LogP contribution in [-0.2, 0) is 9.53 Å². The number of rotatable bonds is 4. The fourth-order valence-corrected chi connectivity index (χ4v) is 1.49. The summed E-state index contributed by atoms with van der Waals surface area (Å²) in [6, 6.07) is 4.92. The van der Waals surface area contributed by atoms with E-state index in [0.717, 1.165) is 0 Å². The zero-order valence-electron chi connectivity index (χ0n) is 9.77. The Bertz CT molecular complexity index is 446. The molecule has 1 aromatic carbocycles. The summed E-state index contributed by atoms with van der Waals surface area (Å²) in [5.41, 5.74) is 12.0. The SMILES string of the molecule is COC(=O)c1cccc(N(C)CC(N)=O)c1N. The van der Waals surface area contributed by atoms with Gasteiger partial charge in [-0.15, -0.1) is 0 Å². The van der Waals surface area contributed by atoms with Gasteiger partial charge in [0.05, 0.1) is 30.6 Å². The minimum atomic E-state index is -0.517. The van der Waals surface area contributed by atoms with Crippen LogP contribution in [0.4, 0.5) is 11.4 Å². The first-order valence-electron chi connectivity index (χ1n) is 4.93. The van der Waals surface area contributed by atoms with Crippen molar-refractivity contribution in [3.8, 4) is 0 Å². The van der Waals surface area contributed by atoms with Gasteiger partial charge in [-0.1, -0.05) is 6.07 Å². The number of primary amides is 1. The molecular weight excluding hydrogens is 222 g/mol. The largest absolute Gasteiger partial charge is 0.465 e. The number of methoxy groups -OCH3 is 1. The summed E-state index contributed by atoms with van der Waals surface area (Å²) in [4.78, 5) is 23.8. The fourth-order valence-electron chi connectivity index (χ4n) is 1.49. The molecule has 0 saturated heterocycles. The van der Waals surface area contributed by atoms with Crippen LogP contribution in [0.15, 0.2) is 18.2 Å². The van der Waals surface area contributed by atoms with Gasteiger partial charge in [0, 0.05) is 7.05 Å². The number of carbonyl (C=O) groups is 2. The lowest BCUT2D eigenvalue weighted by molar-refractivity contribution is -0.116. The number of nitrogen functional groups attached to an aromatic ring is 1. The Morgan fingerprint density at radius 3 is 2.59 bits per heavy atom. The lowest BCUT2D eigenvalue weighted by atomic mass is 10.1. The molecule has 0 aliphatic heterocycles. The van der Waals surface area contributed by atoms with Crippen LogP contribution in [0.3, 0.4) is 0 Å². The number of para-hydroxylation sites is 1. The van der Waals surface area contributed by atoms with Crippen molar-refractivity contribution in [2.45, 2.75) is 0 Å². The topological polar surface area (TPSA) is 98.6 Å². The normalized spacial score (nSPS) is 9.76. The maximum atomic E-state index is 11.4. The molecule has 0 unspecified atom stereocenters. The van der Waals surface area contributed by atoms with Crippen LogP contribution in [0.2, 0.25) is 0 Å². The van der Waals surface area contributed by atoms with E-state index in [1.165, 1.54) is 7.11 Å². The molecule has 1 amide bonds. The van der Waals surface area contributed by atoms with Gasteiger partial charge in [0.15, 0.2) is 0 Å². The third kappa shape index (κ3) is 2.87. The van der Waals surface area contributed by atoms with Gasteiger partial charge in [-0.05, 0) is 12.1 Å². The third-order valence-corrected chi connectivity index (χ3v) is 2.29. The van der Waals surface area contributed by atoms with Gasteiger partial charge in [-0.2, -0.15) is 0 Å². The van der Waals surface area contributed by atoms with Crippen LogP contribution < -0.4 is 16.4 Å². The van der Waals surface area contributed by atoms with Gasteiger partial charge in [0.1, 0.15) is 0 Å².